The standard InChI is InChI=1S/C20H24N4O2/c25-16-23-11-13-24(14-12-23)18-8-9-19(22-15-18)20(26)21-10-4-7-17-5-2-1-3-6-17/h1-3,5-6,8-9,15-16H,4,7,10-14H2,(H,21,26). The summed E-state index contributed by atoms with van der Waals surface area (Å²) in [7, 11) is 0. The Morgan fingerprint density at radius 2 is 1.85 bits per heavy atom. The van der Waals surface area contributed by atoms with Gasteiger partial charge in [-0.15, -0.1) is 0 Å². The summed E-state index contributed by atoms with van der Waals surface area (Å²) < 4.78 is 0. The first kappa shape index (κ1) is 17.9. The quantitative estimate of drug-likeness (QED) is 0.609. The number of nitrogens with one attached hydrogen (secondary N) is 1. The zero-order valence-electron chi connectivity index (χ0n) is 14.8. The summed E-state index contributed by atoms with van der Waals surface area (Å²) in [6.45, 7) is 3.63. The number of piperazine rings is 1. The average Bonchev–Trinajstić information content (AvgIpc) is 2.72. The van der Waals surface area contributed by atoms with Crippen LogP contribution in [-0.2, 0) is 11.2 Å². The van der Waals surface area contributed by atoms with Crippen molar-refractivity contribution in [3.63, 3.8) is 0 Å². The van der Waals surface area contributed by atoms with Crippen molar-refractivity contribution in [2.75, 3.05) is 37.6 Å². The summed E-state index contributed by atoms with van der Waals surface area (Å²) in [6, 6.07) is 13.9. The van der Waals surface area contributed by atoms with Crippen molar-refractivity contribution >= 4 is 18.0 Å². The van der Waals surface area contributed by atoms with Crippen LogP contribution in [0.5, 0.6) is 0 Å². The first-order chi connectivity index (χ1) is 12.8. The Morgan fingerprint density at radius 1 is 1.08 bits per heavy atom. The maximum atomic E-state index is 12.2. The maximum Gasteiger partial charge on any atom is 0.269 e. The summed E-state index contributed by atoms with van der Waals surface area (Å²) in [4.78, 5) is 31.2. The minimum absolute atomic E-state index is 0.143. The van der Waals surface area contributed by atoms with Gasteiger partial charge < -0.3 is 15.1 Å². The van der Waals surface area contributed by atoms with Crippen molar-refractivity contribution in [3.8, 4) is 0 Å². The highest BCUT2D eigenvalue weighted by atomic mass is 16.2. The van der Waals surface area contributed by atoms with Gasteiger partial charge in [-0.25, -0.2) is 4.98 Å². The molecule has 0 spiro atoms. The molecule has 1 aromatic heterocycles. The summed E-state index contributed by atoms with van der Waals surface area (Å²) in [5.74, 6) is -0.143. The molecule has 2 amide bonds. The maximum absolute atomic E-state index is 12.2. The van der Waals surface area contributed by atoms with E-state index in [-0.39, 0.29) is 5.91 Å². The normalized spacial score (nSPS) is 14.2. The fourth-order valence-corrected chi connectivity index (χ4v) is 3.02. The van der Waals surface area contributed by atoms with E-state index >= 15 is 0 Å². The molecule has 0 bridgehead atoms. The third-order valence-corrected chi connectivity index (χ3v) is 4.58. The first-order valence-corrected chi connectivity index (χ1v) is 8.99. The molecule has 1 aromatic carbocycles. The van der Waals surface area contributed by atoms with Crippen LogP contribution in [0.4, 0.5) is 5.69 Å². The third kappa shape index (κ3) is 4.81. The predicted octanol–water partition coefficient (Wildman–Crippen LogP) is 1.72. The molecule has 6 heteroatoms. The Labute approximate surface area is 153 Å². The predicted molar refractivity (Wildman–Crippen MR) is 101 cm³/mol. The molecular weight excluding hydrogens is 328 g/mol. The van der Waals surface area contributed by atoms with Crippen molar-refractivity contribution in [1.82, 2.24) is 15.2 Å². The largest absolute Gasteiger partial charge is 0.367 e. The molecule has 136 valence electrons. The number of nitrogens with zero attached hydrogens (tertiary/aromatic N) is 3. The summed E-state index contributed by atoms with van der Waals surface area (Å²) in [6.07, 6.45) is 4.46. The van der Waals surface area contributed by atoms with Crippen LogP contribution in [0, 0.1) is 0 Å². The highest BCUT2D eigenvalue weighted by Crippen LogP contribution is 2.15. The van der Waals surface area contributed by atoms with Gasteiger partial charge in [0.1, 0.15) is 5.69 Å². The third-order valence-electron chi connectivity index (χ3n) is 4.58. The molecule has 1 aliphatic rings. The number of hydrogen-bond acceptors (Lipinski definition) is 4. The Bertz CT molecular complexity index is 710. The minimum atomic E-state index is -0.143. The number of aryl methyl sites for hydroxylation is 1. The molecule has 0 atom stereocenters. The molecule has 0 radical (unpaired) electrons. The SMILES string of the molecule is O=CN1CCN(c2ccc(C(=O)NCCCc3ccccc3)nc2)CC1. The van der Waals surface area contributed by atoms with Crippen molar-refractivity contribution < 1.29 is 9.59 Å². The van der Waals surface area contributed by atoms with E-state index in [9.17, 15) is 9.59 Å². The number of anilines is 1. The molecule has 2 heterocycles. The second-order valence-electron chi connectivity index (χ2n) is 6.38. The van der Waals surface area contributed by atoms with Crippen LogP contribution in [0.3, 0.4) is 0 Å². The van der Waals surface area contributed by atoms with Crippen molar-refractivity contribution in [2.24, 2.45) is 0 Å². The van der Waals surface area contributed by atoms with Gasteiger partial charge in [-0.1, -0.05) is 30.3 Å². The monoisotopic (exact) mass is 352 g/mol. The van der Waals surface area contributed by atoms with Crippen LogP contribution < -0.4 is 10.2 Å². The molecule has 1 aliphatic heterocycles. The zero-order chi connectivity index (χ0) is 18.2. The number of rotatable bonds is 7. The minimum Gasteiger partial charge on any atom is -0.367 e. The van der Waals surface area contributed by atoms with Gasteiger partial charge in [0.15, 0.2) is 0 Å². The first-order valence-electron chi connectivity index (χ1n) is 8.99. The molecule has 2 aromatic rings. The van der Waals surface area contributed by atoms with Gasteiger partial charge in [-0.3, -0.25) is 9.59 Å². The molecule has 0 unspecified atom stereocenters. The van der Waals surface area contributed by atoms with E-state index in [1.165, 1.54) is 5.56 Å². The molecule has 1 N–H and O–H groups in total. The van der Waals surface area contributed by atoms with Crippen LogP contribution in [-0.4, -0.2) is 54.9 Å². The van der Waals surface area contributed by atoms with Crippen molar-refractivity contribution in [3.05, 3.63) is 59.9 Å². The number of carbonyl (C=O) groups is 2. The van der Waals surface area contributed by atoms with Crippen molar-refractivity contribution in [1.29, 1.82) is 0 Å². The van der Waals surface area contributed by atoms with Crippen LogP contribution in [0.2, 0.25) is 0 Å². The number of benzene rings is 1. The van der Waals surface area contributed by atoms with Crippen LogP contribution >= 0.6 is 0 Å². The Morgan fingerprint density at radius 3 is 2.50 bits per heavy atom. The summed E-state index contributed by atoms with van der Waals surface area (Å²) in [5, 5.41) is 2.92. The fourth-order valence-electron chi connectivity index (χ4n) is 3.02. The van der Waals surface area contributed by atoms with E-state index in [4.69, 9.17) is 0 Å². The Balaban J connectivity index is 1.44. The zero-order valence-corrected chi connectivity index (χ0v) is 14.8. The number of hydrogen-bond donors (Lipinski definition) is 1. The average molecular weight is 352 g/mol. The highest BCUT2D eigenvalue weighted by molar-refractivity contribution is 5.92. The molecule has 0 saturated carbocycles. The van der Waals surface area contributed by atoms with E-state index in [0.29, 0.717) is 25.3 Å². The van der Waals surface area contributed by atoms with Crippen LogP contribution in [0.1, 0.15) is 22.5 Å². The second-order valence-corrected chi connectivity index (χ2v) is 6.38. The molecule has 1 saturated heterocycles. The fraction of sp³-hybridized carbons (Fsp3) is 0.350. The lowest BCUT2D eigenvalue weighted by Crippen LogP contribution is -2.45. The molecule has 1 fully saturated rings. The second kappa shape index (κ2) is 8.99. The van der Waals surface area contributed by atoms with E-state index in [0.717, 1.165) is 38.0 Å². The smallest absolute Gasteiger partial charge is 0.269 e. The summed E-state index contributed by atoms with van der Waals surface area (Å²) in [5.41, 5.74) is 2.69. The Hall–Kier alpha value is -2.89. The summed E-state index contributed by atoms with van der Waals surface area (Å²) >= 11 is 0. The van der Waals surface area contributed by atoms with E-state index in [1.54, 1.807) is 17.2 Å². The molecule has 6 nitrogen and oxygen atoms in total. The lowest BCUT2D eigenvalue weighted by molar-refractivity contribution is -0.118. The van der Waals surface area contributed by atoms with E-state index in [1.807, 2.05) is 24.3 Å². The number of amides is 2. The number of aromatic nitrogens is 1. The Kier molecular flexibility index (Phi) is 6.19. The van der Waals surface area contributed by atoms with Gasteiger partial charge in [0, 0.05) is 32.7 Å². The van der Waals surface area contributed by atoms with Crippen LogP contribution in [0.15, 0.2) is 48.7 Å². The van der Waals surface area contributed by atoms with Gasteiger partial charge in [-0.05, 0) is 30.5 Å². The van der Waals surface area contributed by atoms with Gasteiger partial charge >= 0.3 is 0 Å². The van der Waals surface area contributed by atoms with Crippen molar-refractivity contribution in [2.45, 2.75) is 12.8 Å². The van der Waals surface area contributed by atoms with Gasteiger partial charge in [-0.2, -0.15) is 0 Å². The lowest BCUT2D eigenvalue weighted by Gasteiger charge is -2.33. The topological polar surface area (TPSA) is 65.5 Å². The molecular formula is C20H24N4O2. The van der Waals surface area contributed by atoms with E-state index in [2.05, 4.69) is 27.3 Å². The molecule has 0 aliphatic carbocycles. The molecule has 3 rings (SSSR count). The van der Waals surface area contributed by atoms with Crippen LogP contribution in [0.25, 0.3) is 0 Å². The van der Waals surface area contributed by atoms with Gasteiger partial charge in [0.25, 0.3) is 5.91 Å². The van der Waals surface area contributed by atoms with Gasteiger partial charge in [0.05, 0.1) is 11.9 Å². The van der Waals surface area contributed by atoms with E-state index < -0.39 is 0 Å². The number of carbonyl (C=O) groups excluding carboxylic acids is 2. The highest BCUT2D eigenvalue weighted by Gasteiger charge is 2.16. The number of pyridine rings is 1. The lowest BCUT2D eigenvalue weighted by atomic mass is 10.1. The van der Waals surface area contributed by atoms with Gasteiger partial charge in [0.2, 0.25) is 6.41 Å². The molecule has 26 heavy (non-hydrogen) atoms.